The van der Waals surface area contributed by atoms with Crippen molar-refractivity contribution in [2.75, 3.05) is 0 Å². The molecule has 132 valence electrons. The molecule has 3 rings (SSSR count). The highest BCUT2D eigenvalue weighted by molar-refractivity contribution is 5.84. The van der Waals surface area contributed by atoms with Gasteiger partial charge in [0.15, 0.2) is 11.6 Å². The highest BCUT2D eigenvalue weighted by Crippen LogP contribution is 2.20. The van der Waals surface area contributed by atoms with Gasteiger partial charge in [-0.05, 0) is 65.6 Å². The van der Waals surface area contributed by atoms with Crippen molar-refractivity contribution in [1.82, 2.24) is 0 Å². The molecule has 0 bridgehead atoms. The molecular formula is C23H19F3. The van der Waals surface area contributed by atoms with Gasteiger partial charge in [0.05, 0.1) is 5.56 Å². The van der Waals surface area contributed by atoms with Gasteiger partial charge in [0.2, 0.25) is 0 Å². The number of rotatable bonds is 4. The largest absolute Gasteiger partial charge is 0.206 e. The molecule has 3 aromatic carbocycles. The fourth-order valence-electron chi connectivity index (χ4n) is 2.85. The third-order valence-electron chi connectivity index (χ3n) is 4.32. The third-order valence-corrected chi connectivity index (χ3v) is 4.32. The Balaban J connectivity index is 1.82. The van der Waals surface area contributed by atoms with E-state index < -0.39 is 11.6 Å². The van der Waals surface area contributed by atoms with Crippen LogP contribution < -0.4 is 0 Å². The van der Waals surface area contributed by atoms with Gasteiger partial charge in [-0.15, -0.1) is 0 Å². The van der Waals surface area contributed by atoms with E-state index in [1.807, 2.05) is 6.07 Å². The highest BCUT2D eigenvalue weighted by Gasteiger charge is 2.05. The first-order valence-electron chi connectivity index (χ1n) is 8.76. The Labute approximate surface area is 151 Å². The maximum atomic E-state index is 14.2. The van der Waals surface area contributed by atoms with Crippen LogP contribution in [0, 0.1) is 29.3 Å². The van der Waals surface area contributed by atoms with Gasteiger partial charge in [-0.1, -0.05) is 43.7 Å². The van der Waals surface area contributed by atoms with E-state index in [1.165, 1.54) is 6.07 Å². The molecule has 3 heteroatoms. The Morgan fingerprint density at radius 3 is 2.23 bits per heavy atom. The van der Waals surface area contributed by atoms with Gasteiger partial charge in [-0.2, -0.15) is 0 Å². The number of hydrogen-bond donors (Lipinski definition) is 0. The number of halogens is 3. The predicted molar refractivity (Wildman–Crippen MR) is 99.5 cm³/mol. The van der Waals surface area contributed by atoms with Crippen molar-refractivity contribution < 1.29 is 13.2 Å². The standard InChI is InChI=1S/C23H19F3/c1-2-3-4-5-16-6-9-18(21(24)13-16)10-7-17-8-11-19-14-22(25)23(26)15-20(19)12-17/h6,8-9,11-15H,2-5H2,1H3. The van der Waals surface area contributed by atoms with E-state index in [0.29, 0.717) is 21.9 Å². The molecule has 26 heavy (non-hydrogen) atoms. The molecule has 0 aliphatic rings. The topological polar surface area (TPSA) is 0 Å². The Hall–Kier alpha value is -2.73. The van der Waals surface area contributed by atoms with E-state index in [4.69, 9.17) is 0 Å². The Kier molecular flexibility index (Phi) is 5.63. The summed E-state index contributed by atoms with van der Waals surface area (Å²) in [5.41, 5.74) is 1.93. The van der Waals surface area contributed by atoms with Crippen LogP contribution in [0.2, 0.25) is 0 Å². The van der Waals surface area contributed by atoms with Crippen molar-refractivity contribution in [3.05, 3.63) is 82.7 Å². The van der Waals surface area contributed by atoms with Gasteiger partial charge in [-0.3, -0.25) is 0 Å². The normalized spacial score (nSPS) is 10.6. The lowest BCUT2D eigenvalue weighted by atomic mass is 10.0. The molecule has 0 saturated heterocycles. The Bertz CT molecular complexity index is 993. The number of benzene rings is 3. The number of fused-ring (bicyclic) bond motifs is 1. The minimum Gasteiger partial charge on any atom is -0.206 e. The van der Waals surface area contributed by atoms with Gasteiger partial charge < -0.3 is 0 Å². The van der Waals surface area contributed by atoms with Crippen molar-refractivity contribution in [2.45, 2.75) is 32.6 Å². The molecule has 0 N–H and O–H groups in total. The van der Waals surface area contributed by atoms with Gasteiger partial charge in [0.25, 0.3) is 0 Å². The van der Waals surface area contributed by atoms with Gasteiger partial charge in [-0.25, -0.2) is 13.2 Å². The van der Waals surface area contributed by atoms with Crippen molar-refractivity contribution >= 4 is 10.8 Å². The van der Waals surface area contributed by atoms with E-state index in [2.05, 4.69) is 18.8 Å². The maximum Gasteiger partial charge on any atom is 0.159 e. The van der Waals surface area contributed by atoms with E-state index in [1.54, 1.807) is 24.3 Å². The Morgan fingerprint density at radius 1 is 0.731 bits per heavy atom. The second-order valence-corrected chi connectivity index (χ2v) is 6.35. The Morgan fingerprint density at radius 2 is 1.50 bits per heavy atom. The van der Waals surface area contributed by atoms with E-state index >= 15 is 0 Å². The molecule has 0 fully saturated rings. The zero-order valence-electron chi connectivity index (χ0n) is 14.6. The zero-order valence-corrected chi connectivity index (χ0v) is 14.6. The van der Waals surface area contributed by atoms with Crippen LogP contribution in [0.1, 0.15) is 42.9 Å². The van der Waals surface area contributed by atoms with Crippen LogP contribution in [0.15, 0.2) is 48.5 Å². The van der Waals surface area contributed by atoms with Crippen LogP contribution in [0.5, 0.6) is 0 Å². The third kappa shape index (κ3) is 4.26. The number of unbranched alkanes of at least 4 members (excludes halogenated alkanes) is 2. The summed E-state index contributed by atoms with van der Waals surface area (Å²) in [6, 6.07) is 12.5. The smallest absolute Gasteiger partial charge is 0.159 e. The molecule has 0 nitrogen and oxygen atoms in total. The molecule has 0 radical (unpaired) electrons. The first-order chi connectivity index (χ1) is 12.6. The zero-order chi connectivity index (χ0) is 18.5. The van der Waals surface area contributed by atoms with Crippen LogP contribution in [-0.4, -0.2) is 0 Å². The lowest BCUT2D eigenvalue weighted by Crippen LogP contribution is -1.90. The summed E-state index contributed by atoms with van der Waals surface area (Å²) in [5, 5.41) is 1.15. The lowest BCUT2D eigenvalue weighted by Gasteiger charge is -2.02. The molecular weight excluding hydrogens is 333 g/mol. The van der Waals surface area contributed by atoms with Crippen LogP contribution in [0.3, 0.4) is 0 Å². The first-order valence-corrected chi connectivity index (χ1v) is 8.76. The molecule has 0 amide bonds. The average Bonchev–Trinajstić information content (AvgIpc) is 2.62. The molecule has 0 unspecified atom stereocenters. The quantitative estimate of drug-likeness (QED) is 0.377. The van der Waals surface area contributed by atoms with E-state index in [0.717, 1.165) is 43.4 Å². The number of hydrogen-bond acceptors (Lipinski definition) is 0. The first kappa shape index (κ1) is 18.1. The maximum absolute atomic E-state index is 14.2. The summed E-state index contributed by atoms with van der Waals surface area (Å²) in [6.07, 6.45) is 4.18. The molecule has 0 aromatic heterocycles. The molecule has 0 spiro atoms. The van der Waals surface area contributed by atoms with Crippen molar-refractivity contribution in [2.24, 2.45) is 0 Å². The molecule has 3 aromatic rings. The van der Waals surface area contributed by atoms with E-state index in [-0.39, 0.29) is 5.82 Å². The second kappa shape index (κ2) is 8.10. The summed E-state index contributed by atoms with van der Waals surface area (Å²) in [4.78, 5) is 0. The average molecular weight is 352 g/mol. The molecule has 0 atom stereocenters. The van der Waals surface area contributed by atoms with Crippen LogP contribution in [0.25, 0.3) is 10.8 Å². The van der Waals surface area contributed by atoms with Gasteiger partial charge in [0, 0.05) is 5.56 Å². The van der Waals surface area contributed by atoms with Crippen molar-refractivity contribution in [1.29, 1.82) is 0 Å². The summed E-state index contributed by atoms with van der Waals surface area (Å²) in [5.74, 6) is 3.61. The van der Waals surface area contributed by atoms with Crippen LogP contribution in [-0.2, 0) is 6.42 Å². The minimum absolute atomic E-state index is 0.328. The lowest BCUT2D eigenvalue weighted by molar-refractivity contribution is 0.511. The highest BCUT2D eigenvalue weighted by atomic mass is 19.2. The molecule has 0 aliphatic carbocycles. The van der Waals surface area contributed by atoms with Crippen LogP contribution >= 0.6 is 0 Å². The van der Waals surface area contributed by atoms with Crippen molar-refractivity contribution in [3.8, 4) is 11.8 Å². The summed E-state index contributed by atoms with van der Waals surface area (Å²) in [7, 11) is 0. The molecule has 0 aliphatic heterocycles. The van der Waals surface area contributed by atoms with Crippen LogP contribution in [0.4, 0.5) is 13.2 Å². The van der Waals surface area contributed by atoms with Gasteiger partial charge >= 0.3 is 0 Å². The number of aryl methyl sites for hydroxylation is 1. The second-order valence-electron chi connectivity index (χ2n) is 6.35. The SMILES string of the molecule is CCCCCc1ccc(C#Cc2ccc3cc(F)c(F)cc3c2)c(F)c1. The monoisotopic (exact) mass is 352 g/mol. The van der Waals surface area contributed by atoms with Crippen molar-refractivity contribution in [3.63, 3.8) is 0 Å². The molecule has 0 heterocycles. The summed E-state index contributed by atoms with van der Waals surface area (Å²) in [6.45, 7) is 2.14. The van der Waals surface area contributed by atoms with Gasteiger partial charge in [0.1, 0.15) is 5.82 Å². The predicted octanol–water partition coefficient (Wildman–Crippen LogP) is 6.39. The summed E-state index contributed by atoms with van der Waals surface area (Å²) < 4.78 is 40.8. The minimum atomic E-state index is -0.896. The van der Waals surface area contributed by atoms with E-state index in [9.17, 15) is 13.2 Å². The summed E-state index contributed by atoms with van der Waals surface area (Å²) >= 11 is 0. The fraction of sp³-hybridized carbons (Fsp3) is 0.217. The molecule has 0 saturated carbocycles. The fourth-order valence-corrected chi connectivity index (χ4v) is 2.85.